The largest absolute Gasteiger partial charge is 0.497 e. The molecule has 4 nitrogen and oxygen atoms in total. The molecule has 0 saturated heterocycles. The molecular weight excluding hydrogens is 240 g/mol. The molecule has 0 aliphatic carbocycles. The van der Waals surface area contributed by atoms with Crippen LogP contribution in [0.25, 0.3) is 0 Å². The Morgan fingerprint density at radius 2 is 1.79 bits per heavy atom. The van der Waals surface area contributed by atoms with Crippen LogP contribution in [-0.2, 0) is 0 Å². The van der Waals surface area contributed by atoms with Crippen molar-refractivity contribution in [3.63, 3.8) is 0 Å². The van der Waals surface area contributed by atoms with Crippen molar-refractivity contribution >= 4 is 0 Å². The molecule has 0 fully saturated rings. The monoisotopic (exact) mass is 250 g/mol. The summed E-state index contributed by atoms with van der Waals surface area (Å²) in [5.74, 6) is 1.51. The van der Waals surface area contributed by atoms with Crippen LogP contribution in [0.4, 0.5) is 0 Å². The molecule has 0 unspecified atom stereocenters. The molecule has 4 heteroatoms. The maximum atomic E-state index is 9.04. The summed E-state index contributed by atoms with van der Waals surface area (Å²) in [4.78, 5) is 0. The van der Waals surface area contributed by atoms with E-state index in [4.69, 9.17) is 20.0 Å². The van der Waals surface area contributed by atoms with Crippen LogP contribution in [0.1, 0.15) is 11.1 Å². The highest BCUT2D eigenvalue weighted by atomic mass is 16.5. The van der Waals surface area contributed by atoms with Gasteiger partial charge in [0.15, 0.2) is 0 Å². The third kappa shape index (κ3) is 2.83. The Morgan fingerprint density at radius 3 is 2.47 bits per heavy atom. The maximum absolute atomic E-state index is 9.04. The van der Waals surface area contributed by atoms with Gasteiger partial charge in [-0.05, 0) is 30.3 Å². The summed E-state index contributed by atoms with van der Waals surface area (Å²) < 4.78 is 10.7. The topological polar surface area (TPSA) is 66.0 Å². The number of nitrogens with zero attached hydrogens (tertiary/aromatic N) is 2. The van der Waals surface area contributed by atoms with Gasteiger partial charge in [-0.3, -0.25) is 0 Å². The fraction of sp³-hybridized carbons (Fsp3) is 0.0667. The van der Waals surface area contributed by atoms with E-state index in [1.54, 1.807) is 49.6 Å². The number of benzene rings is 2. The highest BCUT2D eigenvalue weighted by molar-refractivity contribution is 5.50. The second-order valence-corrected chi connectivity index (χ2v) is 3.72. The predicted molar refractivity (Wildman–Crippen MR) is 68.9 cm³/mol. The van der Waals surface area contributed by atoms with Crippen LogP contribution in [0.2, 0.25) is 0 Å². The minimum atomic E-state index is 0.400. The Balaban J connectivity index is 2.37. The molecule has 0 aliphatic heterocycles. The first-order valence-corrected chi connectivity index (χ1v) is 5.53. The normalized spacial score (nSPS) is 9.21. The van der Waals surface area contributed by atoms with Crippen molar-refractivity contribution in [3.05, 3.63) is 53.6 Å². The zero-order valence-electron chi connectivity index (χ0n) is 10.3. The lowest BCUT2D eigenvalue weighted by molar-refractivity contribution is 0.409. The van der Waals surface area contributed by atoms with Crippen LogP contribution < -0.4 is 9.47 Å². The first-order valence-electron chi connectivity index (χ1n) is 5.53. The average molecular weight is 250 g/mol. The van der Waals surface area contributed by atoms with Gasteiger partial charge in [-0.15, -0.1) is 0 Å². The van der Waals surface area contributed by atoms with Gasteiger partial charge in [-0.2, -0.15) is 10.5 Å². The number of methoxy groups -OCH3 is 1. The minimum Gasteiger partial charge on any atom is -0.497 e. The smallest absolute Gasteiger partial charge is 0.148 e. The van der Waals surface area contributed by atoms with Crippen LogP contribution >= 0.6 is 0 Å². The van der Waals surface area contributed by atoms with E-state index < -0.39 is 0 Å². The summed E-state index contributed by atoms with van der Waals surface area (Å²) in [6.45, 7) is 0. The lowest BCUT2D eigenvalue weighted by Gasteiger charge is -2.09. The van der Waals surface area contributed by atoms with Crippen molar-refractivity contribution in [2.24, 2.45) is 0 Å². The van der Waals surface area contributed by atoms with Crippen LogP contribution in [0, 0.1) is 22.7 Å². The molecule has 92 valence electrons. The lowest BCUT2D eigenvalue weighted by Crippen LogP contribution is -1.91. The molecule has 0 amide bonds. The SMILES string of the molecule is COc1ccc(C#N)c(Oc2cccc(C#N)c2)c1. The van der Waals surface area contributed by atoms with E-state index in [1.165, 1.54) is 0 Å². The van der Waals surface area contributed by atoms with Crippen molar-refractivity contribution < 1.29 is 9.47 Å². The van der Waals surface area contributed by atoms with E-state index >= 15 is 0 Å². The molecule has 0 N–H and O–H groups in total. The first kappa shape index (κ1) is 12.5. The Bertz CT molecular complexity index is 681. The molecule has 19 heavy (non-hydrogen) atoms. The van der Waals surface area contributed by atoms with E-state index in [0.717, 1.165) is 0 Å². The molecule has 0 heterocycles. The predicted octanol–water partition coefficient (Wildman–Crippen LogP) is 3.23. The number of hydrogen-bond donors (Lipinski definition) is 0. The van der Waals surface area contributed by atoms with Gasteiger partial charge in [0.1, 0.15) is 23.3 Å². The highest BCUT2D eigenvalue weighted by Crippen LogP contribution is 2.29. The van der Waals surface area contributed by atoms with Gasteiger partial charge >= 0.3 is 0 Å². The Hall–Kier alpha value is -2.98. The average Bonchev–Trinajstić information content (AvgIpc) is 2.47. The summed E-state index contributed by atoms with van der Waals surface area (Å²) in [5, 5.41) is 17.9. The quantitative estimate of drug-likeness (QED) is 0.838. The summed E-state index contributed by atoms with van der Waals surface area (Å²) in [6.07, 6.45) is 0. The van der Waals surface area contributed by atoms with Gasteiger partial charge in [0.2, 0.25) is 0 Å². The number of hydrogen-bond acceptors (Lipinski definition) is 4. The summed E-state index contributed by atoms with van der Waals surface area (Å²) >= 11 is 0. The second-order valence-electron chi connectivity index (χ2n) is 3.72. The van der Waals surface area contributed by atoms with Crippen molar-refractivity contribution in [1.29, 1.82) is 10.5 Å². The fourth-order valence-corrected chi connectivity index (χ4v) is 1.56. The van der Waals surface area contributed by atoms with Crippen molar-refractivity contribution in [1.82, 2.24) is 0 Å². The first-order chi connectivity index (χ1) is 9.26. The van der Waals surface area contributed by atoms with Crippen LogP contribution in [0.3, 0.4) is 0 Å². The van der Waals surface area contributed by atoms with Crippen molar-refractivity contribution in [3.8, 4) is 29.4 Å². The molecule has 0 saturated carbocycles. The van der Waals surface area contributed by atoms with Gasteiger partial charge < -0.3 is 9.47 Å². The van der Waals surface area contributed by atoms with Gasteiger partial charge in [0, 0.05) is 6.07 Å². The molecule has 0 spiro atoms. The van der Waals surface area contributed by atoms with Crippen LogP contribution in [0.5, 0.6) is 17.2 Å². The molecular formula is C15H10N2O2. The summed E-state index contributed by atoms with van der Waals surface area (Å²) in [5.41, 5.74) is 0.905. The molecule has 0 atom stereocenters. The molecule has 0 radical (unpaired) electrons. The number of nitriles is 2. The van der Waals surface area contributed by atoms with E-state index in [1.807, 2.05) is 6.07 Å². The highest BCUT2D eigenvalue weighted by Gasteiger charge is 2.07. The maximum Gasteiger partial charge on any atom is 0.148 e. The molecule has 0 aliphatic rings. The van der Waals surface area contributed by atoms with Gasteiger partial charge in [0.05, 0.1) is 24.3 Å². The molecule has 2 rings (SSSR count). The minimum absolute atomic E-state index is 0.400. The van der Waals surface area contributed by atoms with Crippen LogP contribution in [-0.4, -0.2) is 7.11 Å². The molecule has 2 aromatic rings. The lowest BCUT2D eigenvalue weighted by atomic mass is 10.2. The molecule has 0 aromatic heterocycles. The van der Waals surface area contributed by atoms with Gasteiger partial charge in [0.25, 0.3) is 0 Å². The Kier molecular flexibility index (Phi) is 3.66. The van der Waals surface area contributed by atoms with E-state index in [2.05, 4.69) is 6.07 Å². The molecule has 0 bridgehead atoms. The fourth-order valence-electron chi connectivity index (χ4n) is 1.56. The standard InChI is InChI=1S/C15H10N2O2/c1-18-13-6-5-12(10-17)15(8-13)19-14-4-2-3-11(7-14)9-16/h2-8H,1H3. The van der Waals surface area contributed by atoms with Crippen molar-refractivity contribution in [2.45, 2.75) is 0 Å². The van der Waals surface area contributed by atoms with Gasteiger partial charge in [-0.1, -0.05) is 6.07 Å². The van der Waals surface area contributed by atoms with E-state index in [-0.39, 0.29) is 0 Å². The van der Waals surface area contributed by atoms with E-state index in [0.29, 0.717) is 28.4 Å². The molecule has 2 aromatic carbocycles. The third-order valence-corrected chi connectivity index (χ3v) is 2.50. The Labute approximate surface area is 111 Å². The zero-order valence-corrected chi connectivity index (χ0v) is 10.3. The van der Waals surface area contributed by atoms with Crippen LogP contribution in [0.15, 0.2) is 42.5 Å². The summed E-state index contributed by atoms with van der Waals surface area (Å²) in [7, 11) is 1.54. The Morgan fingerprint density at radius 1 is 0.947 bits per heavy atom. The zero-order chi connectivity index (χ0) is 13.7. The number of rotatable bonds is 3. The number of ether oxygens (including phenoxy) is 2. The van der Waals surface area contributed by atoms with Crippen molar-refractivity contribution in [2.75, 3.05) is 7.11 Å². The van der Waals surface area contributed by atoms with Gasteiger partial charge in [-0.25, -0.2) is 0 Å². The summed E-state index contributed by atoms with van der Waals surface area (Å²) in [6, 6.07) is 15.8. The third-order valence-electron chi connectivity index (χ3n) is 2.50. The van der Waals surface area contributed by atoms with E-state index in [9.17, 15) is 0 Å². The second kappa shape index (κ2) is 5.57.